The van der Waals surface area contributed by atoms with E-state index in [1.165, 1.54) is 12.1 Å². The van der Waals surface area contributed by atoms with Crippen LogP contribution < -0.4 is 0 Å². The molecule has 0 fully saturated rings. The lowest BCUT2D eigenvalue weighted by atomic mass is 10.2. The van der Waals surface area contributed by atoms with Crippen molar-refractivity contribution in [2.45, 2.75) is 23.6 Å². The van der Waals surface area contributed by atoms with Crippen LogP contribution in [0.5, 0.6) is 0 Å². The van der Waals surface area contributed by atoms with Gasteiger partial charge in [0.05, 0.1) is 20.4 Å². The molecule has 2 aromatic rings. The Morgan fingerprint density at radius 2 is 1.26 bits per heavy atom. The van der Waals surface area contributed by atoms with Crippen LogP contribution in [0.3, 0.4) is 0 Å². The minimum absolute atomic E-state index is 0.0251. The van der Waals surface area contributed by atoms with E-state index in [1.807, 2.05) is 13.8 Å². The highest BCUT2D eigenvalue weighted by Gasteiger charge is 2.20. The molecule has 0 aromatic heterocycles. The molecule has 4 nitrogen and oxygen atoms in total. The molecular formula is C16H18ClNO3S2. The predicted molar refractivity (Wildman–Crippen MR) is 94.0 cm³/mol. The topological polar surface area (TPSA) is 63.6 Å². The fourth-order valence-electron chi connectivity index (χ4n) is 1.97. The van der Waals surface area contributed by atoms with Crippen LogP contribution in [0, 0.1) is 13.8 Å². The van der Waals surface area contributed by atoms with Crippen LogP contribution in [0.15, 0.2) is 62.1 Å². The first-order valence-corrected chi connectivity index (χ1v) is 10.6. The van der Waals surface area contributed by atoms with Crippen molar-refractivity contribution < 1.29 is 12.6 Å². The Morgan fingerprint density at radius 3 is 1.70 bits per heavy atom. The number of hydrogen-bond donors (Lipinski definition) is 0. The Morgan fingerprint density at radius 1 is 0.826 bits per heavy atom. The molecule has 0 amide bonds. The summed E-state index contributed by atoms with van der Waals surface area (Å²) in [7, 11) is -7.17. The number of rotatable bonds is 5. The van der Waals surface area contributed by atoms with Gasteiger partial charge in [0.15, 0.2) is 0 Å². The first kappa shape index (κ1) is 18.0. The Labute approximate surface area is 142 Å². The van der Waals surface area contributed by atoms with Crippen molar-refractivity contribution in [1.82, 2.24) is 0 Å². The Hall–Kier alpha value is -1.37. The number of nitrogens with zero attached hydrogens (tertiary/aromatic N) is 1. The van der Waals surface area contributed by atoms with Crippen LogP contribution in [0.25, 0.3) is 0 Å². The van der Waals surface area contributed by atoms with Gasteiger partial charge in [0.25, 0.3) is 10.0 Å². The highest BCUT2D eigenvalue weighted by molar-refractivity contribution is 8.03. The molecule has 2 rings (SSSR count). The molecule has 0 aliphatic carbocycles. The van der Waals surface area contributed by atoms with E-state index in [9.17, 15) is 12.6 Å². The molecule has 0 radical (unpaired) electrons. The molecule has 2 aromatic carbocycles. The van der Waals surface area contributed by atoms with Gasteiger partial charge < -0.3 is 0 Å². The fourth-order valence-corrected chi connectivity index (χ4v) is 6.33. The molecule has 0 aliphatic rings. The summed E-state index contributed by atoms with van der Waals surface area (Å²) in [5.41, 5.74) is 1.92. The maximum absolute atomic E-state index is 13.1. The third-order valence-electron chi connectivity index (χ3n) is 3.28. The van der Waals surface area contributed by atoms with E-state index in [0.717, 1.165) is 11.1 Å². The minimum Gasteiger partial charge on any atom is -0.244 e. The Balaban J connectivity index is 2.59. The van der Waals surface area contributed by atoms with Gasteiger partial charge in [-0.25, -0.2) is 4.21 Å². The van der Waals surface area contributed by atoms with E-state index >= 15 is 0 Å². The smallest absolute Gasteiger partial charge is 0.244 e. The second kappa shape index (κ2) is 7.03. The molecule has 1 atom stereocenters. The summed E-state index contributed by atoms with van der Waals surface area (Å²) in [5.74, 6) is 0.0301. The highest BCUT2D eigenvalue weighted by atomic mass is 35.5. The average Bonchev–Trinajstić information content (AvgIpc) is 2.48. The lowest BCUT2D eigenvalue weighted by Gasteiger charge is -2.09. The van der Waals surface area contributed by atoms with Crippen molar-refractivity contribution in [2.75, 3.05) is 11.6 Å². The molecular weight excluding hydrogens is 354 g/mol. The summed E-state index contributed by atoms with van der Waals surface area (Å²) in [6.45, 7) is 3.75. The number of halogens is 1. The number of alkyl halides is 1. The van der Waals surface area contributed by atoms with Gasteiger partial charge in [-0.1, -0.05) is 35.4 Å². The van der Waals surface area contributed by atoms with E-state index in [-0.39, 0.29) is 16.5 Å². The lowest BCUT2D eigenvalue weighted by molar-refractivity contribution is 0.598. The van der Waals surface area contributed by atoms with Gasteiger partial charge in [-0.15, -0.1) is 15.4 Å². The van der Waals surface area contributed by atoms with E-state index in [1.54, 1.807) is 36.4 Å². The zero-order valence-electron chi connectivity index (χ0n) is 12.9. The number of sulfonamides is 1. The number of hydrogen-bond acceptors (Lipinski definition) is 3. The summed E-state index contributed by atoms with van der Waals surface area (Å²) in [6.07, 6.45) is 0. The van der Waals surface area contributed by atoms with Crippen molar-refractivity contribution in [3.63, 3.8) is 0 Å². The third-order valence-corrected chi connectivity index (χ3v) is 8.08. The SMILES string of the molecule is Cc1ccc(S(=O)(=O)N=S(=O)(CCCl)c2ccc(C)cc2)cc1. The van der Waals surface area contributed by atoms with Gasteiger partial charge in [0.2, 0.25) is 0 Å². The van der Waals surface area contributed by atoms with Crippen molar-refractivity contribution in [1.29, 1.82) is 0 Å². The van der Waals surface area contributed by atoms with Crippen LogP contribution in [-0.2, 0) is 19.8 Å². The second-order valence-electron chi connectivity index (χ2n) is 5.21. The molecule has 0 aliphatic heterocycles. The molecule has 7 heteroatoms. The van der Waals surface area contributed by atoms with E-state index in [4.69, 9.17) is 11.6 Å². The van der Waals surface area contributed by atoms with Crippen LogP contribution >= 0.6 is 11.6 Å². The molecule has 1 unspecified atom stereocenters. The van der Waals surface area contributed by atoms with Crippen molar-refractivity contribution in [2.24, 2.45) is 3.77 Å². The molecule has 0 saturated heterocycles. The van der Waals surface area contributed by atoms with Gasteiger partial charge in [-0.05, 0) is 38.1 Å². The molecule has 0 spiro atoms. The van der Waals surface area contributed by atoms with Gasteiger partial charge in [0.1, 0.15) is 0 Å². The zero-order chi connectivity index (χ0) is 17.1. The van der Waals surface area contributed by atoms with E-state index < -0.39 is 19.8 Å². The van der Waals surface area contributed by atoms with Gasteiger partial charge in [-0.3, -0.25) is 0 Å². The molecule has 0 heterocycles. The molecule has 0 saturated carbocycles. The van der Waals surface area contributed by atoms with Crippen LogP contribution in [0.1, 0.15) is 11.1 Å². The maximum Gasteiger partial charge on any atom is 0.290 e. The van der Waals surface area contributed by atoms with E-state index in [2.05, 4.69) is 3.77 Å². The van der Waals surface area contributed by atoms with Gasteiger partial charge in [0, 0.05) is 10.8 Å². The summed E-state index contributed by atoms with van der Waals surface area (Å²) in [6, 6.07) is 13.1. The number of aryl methyl sites for hydroxylation is 2. The molecule has 0 bridgehead atoms. The summed E-state index contributed by atoms with van der Waals surface area (Å²) in [4.78, 5) is 0.400. The monoisotopic (exact) mass is 371 g/mol. The van der Waals surface area contributed by atoms with Crippen LogP contribution in [0.4, 0.5) is 0 Å². The zero-order valence-corrected chi connectivity index (χ0v) is 15.3. The Kier molecular flexibility index (Phi) is 5.49. The summed E-state index contributed by atoms with van der Waals surface area (Å²) in [5, 5.41) is 0. The third kappa shape index (κ3) is 4.34. The van der Waals surface area contributed by atoms with Gasteiger partial charge >= 0.3 is 0 Å². The quantitative estimate of drug-likeness (QED) is 0.751. The van der Waals surface area contributed by atoms with Crippen molar-refractivity contribution >= 4 is 31.4 Å². The molecule has 23 heavy (non-hydrogen) atoms. The summed E-state index contributed by atoms with van der Waals surface area (Å²) < 4.78 is 41.8. The van der Waals surface area contributed by atoms with E-state index in [0.29, 0.717) is 4.90 Å². The standard InChI is InChI=1S/C16H18ClNO3S2/c1-13-3-7-15(8-4-13)22(19,12-11-17)18-23(20,21)16-9-5-14(2)6-10-16/h3-10H,11-12H2,1-2H3. The minimum atomic E-state index is -4.02. The maximum atomic E-state index is 13.1. The lowest BCUT2D eigenvalue weighted by Crippen LogP contribution is -2.11. The first-order valence-electron chi connectivity index (χ1n) is 6.97. The Bertz CT molecular complexity index is 895. The fraction of sp³-hybridized carbons (Fsp3) is 0.250. The van der Waals surface area contributed by atoms with Crippen molar-refractivity contribution in [3.05, 3.63) is 59.7 Å². The van der Waals surface area contributed by atoms with Crippen LogP contribution in [0.2, 0.25) is 0 Å². The average molecular weight is 372 g/mol. The second-order valence-corrected chi connectivity index (χ2v) is 9.77. The first-order chi connectivity index (χ1) is 10.8. The normalized spacial score (nSPS) is 14.2. The van der Waals surface area contributed by atoms with Crippen molar-refractivity contribution in [3.8, 4) is 0 Å². The van der Waals surface area contributed by atoms with Gasteiger partial charge in [-0.2, -0.15) is 8.42 Å². The largest absolute Gasteiger partial charge is 0.290 e. The number of benzene rings is 2. The predicted octanol–water partition coefficient (Wildman–Crippen LogP) is 3.76. The highest BCUT2D eigenvalue weighted by Crippen LogP contribution is 2.21. The molecule has 0 N–H and O–H groups in total. The summed E-state index contributed by atoms with van der Waals surface area (Å²) >= 11 is 5.73. The molecule has 124 valence electrons. The van der Waals surface area contributed by atoms with Crippen LogP contribution in [-0.4, -0.2) is 24.3 Å².